The molecule has 1 saturated heterocycles. The van der Waals surface area contributed by atoms with Crippen LogP contribution >= 0.6 is 0 Å². The molecule has 1 aliphatic heterocycles. The van der Waals surface area contributed by atoms with Gasteiger partial charge in [-0.05, 0) is 58.8 Å². The van der Waals surface area contributed by atoms with Crippen molar-refractivity contribution in [3.63, 3.8) is 0 Å². The van der Waals surface area contributed by atoms with Crippen LogP contribution in [0.4, 0.5) is 0 Å². The molecule has 3 heteroatoms. The maximum absolute atomic E-state index is 5.99. The molecule has 1 aliphatic rings. The van der Waals surface area contributed by atoms with E-state index in [2.05, 4.69) is 44.7 Å². The Hall–Kier alpha value is -0.120. The van der Waals surface area contributed by atoms with E-state index in [1.807, 2.05) is 0 Å². The summed E-state index contributed by atoms with van der Waals surface area (Å²) in [5, 5.41) is 0. The second-order valence-corrected chi connectivity index (χ2v) is 6.34. The Morgan fingerprint density at radius 2 is 1.88 bits per heavy atom. The summed E-state index contributed by atoms with van der Waals surface area (Å²) in [5.74, 6) is 1.45. The summed E-state index contributed by atoms with van der Waals surface area (Å²) in [6.45, 7) is 11.3. The van der Waals surface area contributed by atoms with E-state index < -0.39 is 0 Å². The first-order valence-electron chi connectivity index (χ1n) is 7.00. The molecule has 0 aromatic carbocycles. The number of hydrogen-bond donors (Lipinski definition) is 1. The highest BCUT2D eigenvalue weighted by atomic mass is 15.2. The first-order chi connectivity index (χ1) is 7.90. The van der Waals surface area contributed by atoms with Crippen molar-refractivity contribution in [2.45, 2.75) is 39.2 Å². The quantitative estimate of drug-likeness (QED) is 0.794. The van der Waals surface area contributed by atoms with Gasteiger partial charge in [0.1, 0.15) is 0 Å². The van der Waals surface area contributed by atoms with Crippen molar-refractivity contribution in [2.75, 3.05) is 40.3 Å². The van der Waals surface area contributed by atoms with Gasteiger partial charge in [0.15, 0.2) is 0 Å². The van der Waals surface area contributed by atoms with E-state index in [-0.39, 0.29) is 5.54 Å². The van der Waals surface area contributed by atoms with Gasteiger partial charge in [-0.25, -0.2) is 0 Å². The number of likely N-dealkylation sites (N-methyl/N-ethyl adjacent to an activating group) is 1. The van der Waals surface area contributed by atoms with Crippen molar-refractivity contribution in [1.82, 2.24) is 9.80 Å². The Morgan fingerprint density at radius 1 is 1.35 bits per heavy atom. The molecular formula is C14H31N3. The van der Waals surface area contributed by atoms with Crippen LogP contribution in [0.2, 0.25) is 0 Å². The zero-order valence-electron chi connectivity index (χ0n) is 12.4. The molecule has 0 bridgehead atoms. The van der Waals surface area contributed by atoms with Crippen LogP contribution in [0.1, 0.15) is 33.6 Å². The number of likely N-dealkylation sites (tertiary alicyclic amines) is 1. The molecule has 0 spiro atoms. The van der Waals surface area contributed by atoms with Gasteiger partial charge in [0.05, 0.1) is 0 Å². The molecule has 0 aromatic rings. The highest BCUT2D eigenvalue weighted by molar-refractivity contribution is 4.90. The van der Waals surface area contributed by atoms with Crippen molar-refractivity contribution in [2.24, 2.45) is 17.6 Å². The predicted molar refractivity (Wildman–Crippen MR) is 75.1 cm³/mol. The summed E-state index contributed by atoms with van der Waals surface area (Å²) < 4.78 is 0. The van der Waals surface area contributed by atoms with E-state index in [4.69, 9.17) is 5.73 Å². The van der Waals surface area contributed by atoms with Gasteiger partial charge in [-0.15, -0.1) is 0 Å². The predicted octanol–water partition coefficient (Wildman–Crippen LogP) is 1.63. The van der Waals surface area contributed by atoms with Crippen LogP contribution < -0.4 is 5.73 Å². The summed E-state index contributed by atoms with van der Waals surface area (Å²) in [4.78, 5) is 4.93. The maximum atomic E-state index is 5.99. The van der Waals surface area contributed by atoms with Crippen LogP contribution in [0.25, 0.3) is 0 Å². The van der Waals surface area contributed by atoms with Crippen molar-refractivity contribution < 1.29 is 0 Å². The molecule has 1 heterocycles. The number of nitrogens with two attached hydrogens (primary N) is 1. The van der Waals surface area contributed by atoms with E-state index in [1.54, 1.807) is 0 Å². The minimum Gasteiger partial charge on any atom is -0.329 e. The van der Waals surface area contributed by atoms with E-state index in [1.165, 1.54) is 32.5 Å². The molecule has 1 fully saturated rings. The molecule has 2 N–H and O–H groups in total. The molecule has 0 radical (unpaired) electrons. The van der Waals surface area contributed by atoms with Gasteiger partial charge in [-0.1, -0.05) is 13.8 Å². The minimum absolute atomic E-state index is 0.142. The Labute approximate surface area is 107 Å². The summed E-state index contributed by atoms with van der Waals surface area (Å²) in [6, 6.07) is 0. The lowest BCUT2D eigenvalue weighted by Crippen LogP contribution is -2.55. The van der Waals surface area contributed by atoms with Gasteiger partial charge < -0.3 is 10.6 Å². The SMILES string of the molecule is CC(C)C(C)(CN)N(C)CC1CCN(C)CC1. The van der Waals surface area contributed by atoms with Gasteiger partial charge in [0.2, 0.25) is 0 Å². The lowest BCUT2D eigenvalue weighted by Gasteiger charge is -2.44. The Morgan fingerprint density at radius 3 is 2.29 bits per heavy atom. The van der Waals surface area contributed by atoms with E-state index in [0.29, 0.717) is 5.92 Å². The number of hydrogen-bond acceptors (Lipinski definition) is 3. The van der Waals surface area contributed by atoms with Crippen LogP contribution in [0.15, 0.2) is 0 Å². The van der Waals surface area contributed by atoms with E-state index >= 15 is 0 Å². The topological polar surface area (TPSA) is 32.5 Å². The van der Waals surface area contributed by atoms with E-state index in [0.717, 1.165) is 12.5 Å². The molecule has 1 unspecified atom stereocenters. The zero-order valence-corrected chi connectivity index (χ0v) is 12.4. The van der Waals surface area contributed by atoms with Crippen LogP contribution in [-0.2, 0) is 0 Å². The largest absolute Gasteiger partial charge is 0.329 e. The molecule has 0 aromatic heterocycles. The molecule has 0 aliphatic carbocycles. The highest BCUT2D eigenvalue weighted by Gasteiger charge is 2.32. The first kappa shape index (κ1) is 14.9. The van der Waals surface area contributed by atoms with Crippen LogP contribution in [0, 0.1) is 11.8 Å². The average molecular weight is 241 g/mol. The molecule has 1 rings (SSSR count). The molecular weight excluding hydrogens is 210 g/mol. The number of piperidine rings is 1. The normalized spacial score (nSPS) is 23.3. The Kier molecular flexibility index (Phi) is 5.42. The fourth-order valence-corrected chi connectivity index (χ4v) is 2.67. The third kappa shape index (κ3) is 3.67. The molecule has 3 nitrogen and oxygen atoms in total. The second kappa shape index (κ2) is 6.17. The standard InChI is InChI=1S/C14H31N3/c1-12(2)14(3,11-15)17(5)10-13-6-8-16(4)9-7-13/h12-13H,6-11,15H2,1-5H3. The summed E-state index contributed by atoms with van der Waals surface area (Å²) in [7, 11) is 4.46. The summed E-state index contributed by atoms with van der Waals surface area (Å²) in [5.41, 5.74) is 6.13. The van der Waals surface area contributed by atoms with Crippen LogP contribution in [-0.4, -0.2) is 55.6 Å². The summed E-state index contributed by atoms with van der Waals surface area (Å²) in [6.07, 6.45) is 2.67. The second-order valence-electron chi connectivity index (χ2n) is 6.34. The number of rotatable bonds is 5. The van der Waals surface area contributed by atoms with Gasteiger partial charge in [0, 0.05) is 18.6 Å². The van der Waals surface area contributed by atoms with Crippen molar-refractivity contribution >= 4 is 0 Å². The molecule has 102 valence electrons. The fraction of sp³-hybridized carbons (Fsp3) is 1.00. The summed E-state index contributed by atoms with van der Waals surface area (Å²) >= 11 is 0. The third-order valence-electron chi connectivity index (χ3n) is 4.90. The van der Waals surface area contributed by atoms with Gasteiger partial charge in [-0.3, -0.25) is 4.90 Å². The zero-order chi connectivity index (χ0) is 13.1. The maximum Gasteiger partial charge on any atom is 0.0323 e. The first-order valence-corrected chi connectivity index (χ1v) is 7.00. The fourth-order valence-electron chi connectivity index (χ4n) is 2.67. The lowest BCUT2D eigenvalue weighted by molar-refractivity contribution is 0.0640. The molecule has 0 saturated carbocycles. The van der Waals surface area contributed by atoms with Crippen LogP contribution in [0.5, 0.6) is 0 Å². The smallest absolute Gasteiger partial charge is 0.0323 e. The lowest BCUT2D eigenvalue weighted by atomic mass is 9.85. The molecule has 1 atom stereocenters. The van der Waals surface area contributed by atoms with E-state index in [9.17, 15) is 0 Å². The Bertz CT molecular complexity index is 222. The van der Waals surface area contributed by atoms with Gasteiger partial charge in [0.25, 0.3) is 0 Å². The number of nitrogens with zero attached hydrogens (tertiary/aromatic N) is 2. The minimum atomic E-state index is 0.142. The average Bonchev–Trinajstić information content (AvgIpc) is 2.30. The monoisotopic (exact) mass is 241 g/mol. The van der Waals surface area contributed by atoms with Gasteiger partial charge >= 0.3 is 0 Å². The van der Waals surface area contributed by atoms with Crippen LogP contribution in [0.3, 0.4) is 0 Å². The molecule has 17 heavy (non-hydrogen) atoms. The highest BCUT2D eigenvalue weighted by Crippen LogP contribution is 2.25. The van der Waals surface area contributed by atoms with Crippen molar-refractivity contribution in [3.05, 3.63) is 0 Å². The third-order valence-corrected chi connectivity index (χ3v) is 4.90. The molecule has 0 amide bonds. The Balaban J connectivity index is 2.50. The van der Waals surface area contributed by atoms with Crippen molar-refractivity contribution in [3.8, 4) is 0 Å². The van der Waals surface area contributed by atoms with Gasteiger partial charge in [-0.2, -0.15) is 0 Å². The van der Waals surface area contributed by atoms with Crippen molar-refractivity contribution in [1.29, 1.82) is 0 Å².